The van der Waals surface area contributed by atoms with Crippen molar-refractivity contribution >= 4 is 11.6 Å². The Balaban J connectivity index is 2.14. The molecule has 0 aliphatic heterocycles. The van der Waals surface area contributed by atoms with Gasteiger partial charge in [-0.15, -0.1) is 0 Å². The van der Waals surface area contributed by atoms with E-state index in [1.54, 1.807) is 0 Å². The number of rotatable bonds is 6. The third-order valence-corrected chi connectivity index (χ3v) is 3.90. The SMILES string of the molecule is CCOc1ccccc1C(C)NC(C)c1ccccc1Cl. The monoisotopic (exact) mass is 303 g/mol. The Morgan fingerprint density at radius 3 is 2.19 bits per heavy atom. The Morgan fingerprint density at radius 2 is 1.52 bits per heavy atom. The van der Waals surface area contributed by atoms with Crippen molar-refractivity contribution < 1.29 is 4.74 Å². The van der Waals surface area contributed by atoms with Gasteiger partial charge in [0.25, 0.3) is 0 Å². The zero-order valence-electron chi connectivity index (χ0n) is 12.8. The molecule has 0 heterocycles. The number of benzene rings is 2. The lowest BCUT2D eigenvalue weighted by atomic mass is 10.0. The summed E-state index contributed by atoms with van der Waals surface area (Å²) in [5.74, 6) is 0.936. The van der Waals surface area contributed by atoms with Crippen molar-refractivity contribution in [3.63, 3.8) is 0 Å². The molecule has 0 radical (unpaired) electrons. The molecule has 0 saturated carbocycles. The van der Waals surface area contributed by atoms with Crippen molar-refractivity contribution in [2.24, 2.45) is 0 Å². The molecule has 2 atom stereocenters. The lowest BCUT2D eigenvalue weighted by molar-refractivity contribution is 0.331. The summed E-state index contributed by atoms with van der Waals surface area (Å²) in [7, 11) is 0. The van der Waals surface area contributed by atoms with Crippen LogP contribution in [0.15, 0.2) is 48.5 Å². The highest BCUT2D eigenvalue weighted by Gasteiger charge is 2.16. The summed E-state index contributed by atoms with van der Waals surface area (Å²) in [6.45, 7) is 6.94. The topological polar surface area (TPSA) is 21.3 Å². The second kappa shape index (κ2) is 7.48. The smallest absolute Gasteiger partial charge is 0.124 e. The minimum absolute atomic E-state index is 0.170. The molecule has 1 N–H and O–H groups in total. The van der Waals surface area contributed by atoms with Gasteiger partial charge in [-0.2, -0.15) is 0 Å². The van der Waals surface area contributed by atoms with Crippen LogP contribution in [0.5, 0.6) is 5.75 Å². The fourth-order valence-electron chi connectivity index (χ4n) is 2.51. The molecule has 2 rings (SSSR count). The first-order valence-electron chi connectivity index (χ1n) is 7.35. The van der Waals surface area contributed by atoms with Crippen molar-refractivity contribution in [2.45, 2.75) is 32.9 Å². The van der Waals surface area contributed by atoms with Gasteiger partial charge in [0.2, 0.25) is 0 Å². The van der Waals surface area contributed by atoms with E-state index in [1.165, 1.54) is 5.56 Å². The van der Waals surface area contributed by atoms with Crippen LogP contribution < -0.4 is 10.1 Å². The van der Waals surface area contributed by atoms with Gasteiger partial charge in [0.05, 0.1) is 6.61 Å². The van der Waals surface area contributed by atoms with Gasteiger partial charge in [0.15, 0.2) is 0 Å². The fourth-order valence-corrected chi connectivity index (χ4v) is 2.81. The minimum atomic E-state index is 0.170. The summed E-state index contributed by atoms with van der Waals surface area (Å²) in [4.78, 5) is 0. The summed E-state index contributed by atoms with van der Waals surface area (Å²) < 4.78 is 5.70. The predicted octanol–water partition coefficient (Wildman–Crippen LogP) is 5.15. The van der Waals surface area contributed by atoms with Gasteiger partial charge in [-0.3, -0.25) is 0 Å². The van der Waals surface area contributed by atoms with Crippen LogP contribution in [-0.4, -0.2) is 6.61 Å². The minimum Gasteiger partial charge on any atom is -0.494 e. The van der Waals surface area contributed by atoms with E-state index < -0.39 is 0 Å². The number of nitrogens with one attached hydrogen (secondary N) is 1. The lowest BCUT2D eigenvalue weighted by Gasteiger charge is -2.23. The first kappa shape index (κ1) is 15.9. The molecule has 0 amide bonds. The molecule has 0 fully saturated rings. The largest absolute Gasteiger partial charge is 0.494 e. The van der Waals surface area contributed by atoms with Crippen LogP contribution in [-0.2, 0) is 0 Å². The quantitative estimate of drug-likeness (QED) is 0.796. The highest BCUT2D eigenvalue weighted by Crippen LogP contribution is 2.29. The van der Waals surface area contributed by atoms with Crippen LogP contribution in [0.25, 0.3) is 0 Å². The molecule has 0 aliphatic carbocycles. The highest BCUT2D eigenvalue weighted by atomic mass is 35.5. The van der Waals surface area contributed by atoms with E-state index in [-0.39, 0.29) is 12.1 Å². The van der Waals surface area contributed by atoms with Gasteiger partial charge in [0.1, 0.15) is 5.75 Å². The summed E-state index contributed by atoms with van der Waals surface area (Å²) in [5.41, 5.74) is 2.28. The maximum atomic E-state index is 6.26. The van der Waals surface area contributed by atoms with Crippen molar-refractivity contribution in [1.29, 1.82) is 0 Å². The van der Waals surface area contributed by atoms with E-state index in [0.29, 0.717) is 6.61 Å². The Morgan fingerprint density at radius 1 is 0.952 bits per heavy atom. The first-order chi connectivity index (χ1) is 10.1. The first-order valence-corrected chi connectivity index (χ1v) is 7.73. The number of ether oxygens (including phenoxy) is 1. The number of hydrogen-bond donors (Lipinski definition) is 1. The number of para-hydroxylation sites is 1. The number of hydrogen-bond acceptors (Lipinski definition) is 2. The van der Waals surface area contributed by atoms with Gasteiger partial charge >= 0.3 is 0 Å². The number of halogens is 1. The third-order valence-electron chi connectivity index (χ3n) is 3.56. The highest BCUT2D eigenvalue weighted by molar-refractivity contribution is 6.31. The van der Waals surface area contributed by atoms with E-state index >= 15 is 0 Å². The van der Waals surface area contributed by atoms with Gasteiger partial charge < -0.3 is 10.1 Å². The van der Waals surface area contributed by atoms with Crippen LogP contribution in [0.3, 0.4) is 0 Å². The van der Waals surface area contributed by atoms with E-state index in [0.717, 1.165) is 16.3 Å². The molecule has 2 nitrogen and oxygen atoms in total. The molecule has 0 aromatic heterocycles. The maximum absolute atomic E-state index is 6.26. The van der Waals surface area contributed by atoms with Crippen LogP contribution in [0.4, 0.5) is 0 Å². The van der Waals surface area contributed by atoms with Crippen LogP contribution in [0.1, 0.15) is 44.0 Å². The lowest BCUT2D eigenvalue weighted by Crippen LogP contribution is -2.23. The normalized spacial score (nSPS) is 13.7. The molecule has 21 heavy (non-hydrogen) atoms. The van der Waals surface area contributed by atoms with Gasteiger partial charge in [-0.25, -0.2) is 0 Å². The van der Waals surface area contributed by atoms with Crippen LogP contribution in [0.2, 0.25) is 5.02 Å². The van der Waals surface area contributed by atoms with Crippen molar-refractivity contribution in [2.75, 3.05) is 6.61 Å². The second-order valence-electron chi connectivity index (χ2n) is 5.10. The molecule has 0 saturated heterocycles. The maximum Gasteiger partial charge on any atom is 0.124 e. The molecule has 0 bridgehead atoms. The third kappa shape index (κ3) is 3.99. The molecule has 112 valence electrons. The average molecular weight is 304 g/mol. The fraction of sp³-hybridized carbons (Fsp3) is 0.333. The Bertz CT molecular complexity index is 585. The van der Waals surface area contributed by atoms with E-state index in [9.17, 15) is 0 Å². The van der Waals surface area contributed by atoms with Gasteiger partial charge in [-0.1, -0.05) is 48.0 Å². The zero-order chi connectivity index (χ0) is 15.2. The Kier molecular flexibility index (Phi) is 5.66. The molecule has 0 aliphatic rings. The average Bonchev–Trinajstić information content (AvgIpc) is 2.48. The van der Waals surface area contributed by atoms with Gasteiger partial charge in [-0.05, 0) is 38.5 Å². The molecule has 2 aromatic rings. The second-order valence-corrected chi connectivity index (χ2v) is 5.51. The summed E-state index contributed by atoms with van der Waals surface area (Å²) in [5, 5.41) is 4.38. The molecular weight excluding hydrogens is 282 g/mol. The molecule has 3 heteroatoms. The predicted molar refractivity (Wildman–Crippen MR) is 89.0 cm³/mol. The van der Waals surface area contributed by atoms with E-state index in [1.807, 2.05) is 43.3 Å². The molecule has 0 spiro atoms. The van der Waals surface area contributed by atoms with Crippen molar-refractivity contribution in [1.82, 2.24) is 5.32 Å². The van der Waals surface area contributed by atoms with Gasteiger partial charge in [0, 0.05) is 22.7 Å². The van der Waals surface area contributed by atoms with Crippen molar-refractivity contribution in [3.05, 3.63) is 64.7 Å². The standard InChI is InChI=1S/C18H22ClNO/c1-4-21-18-12-8-6-10-16(18)14(3)20-13(2)15-9-5-7-11-17(15)19/h5-14,20H,4H2,1-3H3. The summed E-state index contributed by atoms with van der Waals surface area (Å²) in [6.07, 6.45) is 0. The van der Waals surface area contributed by atoms with Crippen LogP contribution >= 0.6 is 11.6 Å². The van der Waals surface area contributed by atoms with Crippen molar-refractivity contribution in [3.8, 4) is 5.75 Å². The van der Waals surface area contributed by atoms with Crippen LogP contribution in [0, 0.1) is 0 Å². The summed E-state index contributed by atoms with van der Waals surface area (Å²) in [6, 6.07) is 16.4. The Hall–Kier alpha value is -1.51. The zero-order valence-corrected chi connectivity index (χ0v) is 13.5. The Labute approximate surface area is 132 Å². The van der Waals surface area contributed by atoms with E-state index in [2.05, 4.69) is 31.3 Å². The van der Waals surface area contributed by atoms with E-state index in [4.69, 9.17) is 16.3 Å². The molecule has 2 unspecified atom stereocenters. The molecule has 2 aromatic carbocycles. The molecular formula is C18H22ClNO. The summed E-state index contributed by atoms with van der Waals surface area (Å²) >= 11 is 6.26.